The fraction of sp³-hybridized carbons (Fsp3) is 0.917. The number of methoxy groups -OCH3 is 1. The zero-order valence-corrected chi connectivity index (χ0v) is 10.0. The molecule has 0 radical (unpaired) electrons. The summed E-state index contributed by atoms with van der Waals surface area (Å²) in [6.45, 7) is 1.78. The first-order valence-electron chi connectivity index (χ1n) is 6.28. The van der Waals surface area contributed by atoms with Crippen LogP contribution in [0.4, 0.5) is 0 Å². The van der Waals surface area contributed by atoms with Crippen LogP contribution in [0.25, 0.3) is 0 Å². The highest BCUT2D eigenvalue weighted by atomic mass is 16.5. The van der Waals surface area contributed by atoms with Crippen molar-refractivity contribution in [3.05, 3.63) is 0 Å². The van der Waals surface area contributed by atoms with Crippen molar-refractivity contribution in [1.29, 1.82) is 0 Å². The third-order valence-electron chi connectivity index (χ3n) is 3.89. The van der Waals surface area contributed by atoms with E-state index in [9.17, 15) is 4.79 Å². The maximum absolute atomic E-state index is 11.6. The van der Waals surface area contributed by atoms with Gasteiger partial charge in [0.2, 0.25) is 0 Å². The second kappa shape index (κ2) is 5.15. The zero-order valence-electron chi connectivity index (χ0n) is 10.0. The minimum absolute atomic E-state index is 0.0191. The molecule has 2 fully saturated rings. The molecular formula is C12H22N2O2. The van der Waals surface area contributed by atoms with E-state index in [1.165, 1.54) is 32.8 Å². The van der Waals surface area contributed by atoms with Gasteiger partial charge < -0.3 is 10.5 Å². The first kappa shape index (κ1) is 11.9. The van der Waals surface area contributed by atoms with Crippen LogP contribution in [0.1, 0.15) is 32.1 Å². The van der Waals surface area contributed by atoms with E-state index in [0.717, 1.165) is 19.5 Å². The van der Waals surface area contributed by atoms with Gasteiger partial charge in [0.25, 0.3) is 0 Å². The largest absolute Gasteiger partial charge is 0.469 e. The molecule has 2 unspecified atom stereocenters. The van der Waals surface area contributed by atoms with Gasteiger partial charge >= 0.3 is 5.97 Å². The second-order valence-electron chi connectivity index (χ2n) is 5.11. The van der Waals surface area contributed by atoms with Gasteiger partial charge in [-0.3, -0.25) is 9.69 Å². The lowest BCUT2D eigenvalue weighted by molar-refractivity contribution is -0.148. The van der Waals surface area contributed by atoms with Crippen LogP contribution in [0.15, 0.2) is 0 Å². The summed E-state index contributed by atoms with van der Waals surface area (Å²) in [4.78, 5) is 14.0. The van der Waals surface area contributed by atoms with E-state index in [4.69, 9.17) is 10.5 Å². The molecular weight excluding hydrogens is 204 g/mol. The Bertz CT molecular complexity index is 251. The summed E-state index contributed by atoms with van der Waals surface area (Å²) in [5.74, 6) is -0.118. The fourth-order valence-electron chi connectivity index (χ4n) is 3.08. The summed E-state index contributed by atoms with van der Waals surface area (Å²) in [6.07, 6.45) is 5.94. The summed E-state index contributed by atoms with van der Waals surface area (Å²) in [6, 6.07) is 0.775. The fourth-order valence-corrected chi connectivity index (χ4v) is 3.08. The van der Waals surface area contributed by atoms with E-state index < -0.39 is 0 Å². The Labute approximate surface area is 97.1 Å². The number of nitrogens with two attached hydrogens (primary N) is 1. The smallest absolute Gasteiger partial charge is 0.310 e. The number of nitrogens with zero attached hydrogens (tertiary/aromatic N) is 1. The first-order chi connectivity index (χ1) is 7.70. The lowest BCUT2D eigenvalue weighted by Gasteiger charge is -2.38. The Morgan fingerprint density at radius 3 is 2.62 bits per heavy atom. The lowest BCUT2D eigenvalue weighted by atomic mass is 9.93. The van der Waals surface area contributed by atoms with E-state index in [1.807, 2.05) is 0 Å². The molecule has 4 nitrogen and oxygen atoms in total. The number of hydrogen-bond donors (Lipinski definition) is 1. The van der Waals surface area contributed by atoms with Gasteiger partial charge in [-0.2, -0.15) is 0 Å². The Morgan fingerprint density at radius 2 is 2.00 bits per heavy atom. The van der Waals surface area contributed by atoms with Crippen molar-refractivity contribution in [1.82, 2.24) is 4.90 Å². The molecule has 1 aliphatic heterocycles. The van der Waals surface area contributed by atoms with Gasteiger partial charge in [0.05, 0.1) is 13.0 Å². The molecule has 2 rings (SSSR count). The zero-order chi connectivity index (χ0) is 11.5. The van der Waals surface area contributed by atoms with Crippen molar-refractivity contribution in [2.45, 2.75) is 44.2 Å². The number of hydrogen-bond acceptors (Lipinski definition) is 4. The number of carbonyl (C=O) groups excluding carboxylic acids is 1. The van der Waals surface area contributed by atoms with Gasteiger partial charge in [0.15, 0.2) is 0 Å². The molecule has 0 aromatic carbocycles. The molecule has 0 spiro atoms. The molecule has 1 saturated heterocycles. The quantitative estimate of drug-likeness (QED) is 0.706. The summed E-state index contributed by atoms with van der Waals surface area (Å²) in [5, 5.41) is 0. The van der Waals surface area contributed by atoms with E-state index >= 15 is 0 Å². The molecule has 2 atom stereocenters. The third kappa shape index (κ3) is 2.55. The Balaban J connectivity index is 1.96. The van der Waals surface area contributed by atoms with Crippen molar-refractivity contribution in [2.75, 3.05) is 20.2 Å². The number of ether oxygens (including phenoxy) is 1. The predicted molar refractivity (Wildman–Crippen MR) is 61.9 cm³/mol. The molecule has 0 amide bonds. The van der Waals surface area contributed by atoms with Crippen molar-refractivity contribution >= 4 is 5.97 Å². The number of likely N-dealkylation sites (tertiary alicyclic amines) is 1. The molecule has 2 aliphatic rings. The molecule has 1 aliphatic carbocycles. The maximum Gasteiger partial charge on any atom is 0.310 e. The van der Waals surface area contributed by atoms with Crippen molar-refractivity contribution in [3.8, 4) is 0 Å². The highest BCUT2D eigenvalue weighted by Crippen LogP contribution is 2.27. The number of piperidine rings is 1. The standard InChI is InChI=1S/C12H22N2O2/c1-16-12(15)9-6-10(13)8-14(7-9)11-4-2-3-5-11/h9-11H,2-8,13H2,1H3. The third-order valence-corrected chi connectivity index (χ3v) is 3.89. The topological polar surface area (TPSA) is 55.6 Å². The van der Waals surface area contributed by atoms with Crippen molar-refractivity contribution in [3.63, 3.8) is 0 Å². The van der Waals surface area contributed by atoms with Crippen molar-refractivity contribution < 1.29 is 9.53 Å². The molecule has 0 aromatic rings. The highest BCUT2D eigenvalue weighted by Gasteiger charge is 2.34. The van der Waals surface area contributed by atoms with Gasteiger partial charge in [-0.05, 0) is 19.3 Å². The Morgan fingerprint density at radius 1 is 1.31 bits per heavy atom. The normalized spacial score (nSPS) is 32.9. The molecule has 2 N–H and O–H groups in total. The minimum atomic E-state index is -0.0989. The lowest BCUT2D eigenvalue weighted by Crippen LogP contribution is -2.52. The average molecular weight is 226 g/mol. The molecule has 4 heteroatoms. The molecule has 1 heterocycles. The van der Waals surface area contributed by atoms with Gasteiger partial charge in [-0.15, -0.1) is 0 Å². The van der Waals surface area contributed by atoms with E-state index in [-0.39, 0.29) is 17.9 Å². The number of esters is 1. The maximum atomic E-state index is 11.6. The van der Waals surface area contributed by atoms with Gasteiger partial charge in [-0.1, -0.05) is 12.8 Å². The van der Waals surface area contributed by atoms with Gasteiger partial charge in [-0.25, -0.2) is 0 Å². The van der Waals surface area contributed by atoms with Crippen LogP contribution >= 0.6 is 0 Å². The van der Waals surface area contributed by atoms with Crippen LogP contribution in [0.3, 0.4) is 0 Å². The first-order valence-corrected chi connectivity index (χ1v) is 6.28. The van der Waals surface area contributed by atoms with Crippen LogP contribution < -0.4 is 5.73 Å². The summed E-state index contributed by atoms with van der Waals surface area (Å²) in [7, 11) is 1.46. The molecule has 1 saturated carbocycles. The molecule has 0 bridgehead atoms. The van der Waals surface area contributed by atoms with Gasteiger partial charge in [0, 0.05) is 25.2 Å². The monoisotopic (exact) mass is 226 g/mol. The second-order valence-corrected chi connectivity index (χ2v) is 5.11. The summed E-state index contributed by atoms with van der Waals surface area (Å²) in [5.41, 5.74) is 6.03. The molecule has 92 valence electrons. The van der Waals surface area contributed by atoms with Crippen LogP contribution in [0.2, 0.25) is 0 Å². The summed E-state index contributed by atoms with van der Waals surface area (Å²) < 4.78 is 4.83. The Kier molecular flexibility index (Phi) is 3.82. The van der Waals surface area contributed by atoms with E-state index in [2.05, 4.69) is 4.90 Å². The van der Waals surface area contributed by atoms with Crippen molar-refractivity contribution in [2.24, 2.45) is 11.7 Å². The minimum Gasteiger partial charge on any atom is -0.469 e. The predicted octanol–water partition coefficient (Wildman–Crippen LogP) is 0.751. The average Bonchev–Trinajstić information content (AvgIpc) is 2.80. The van der Waals surface area contributed by atoms with E-state index in [1.54, 1.807) is 0 Å². The van der Waals surface area contributed by atoms with Crippen LogP contribution in [-0.4, -0.2) is 43.2 Å². The highest BCUT2D eigenvalue weighted by molar-refractivity contribution is 5.72. The van der Waals surface area contributed by atoms with Gasteiger partial charge in [0.1, 0.15) is 0 Å². The van der Waals surface area contributed by atoms with E-state index in [0.29, 0.717) is 6.04 Å². The molecule has 16 heavy (non-hydrogen) atoms. The Hall–Kier alpha value is -0.610. The molecule has 0 aromatic heterocycles. The number of rotatable bonds is 2. The van der Waals surface area contributed by atoms with Crippen LogP contribution in [0.5, 0.6) is 0 Å². The number of carbonyl (C=O) groups is 1. The SMILES string of the molecule is COC(=O)C1CC(N)CN(C2CCCC2)C1. The summed E-state index contributed by atoms with van der Waals surface area (Å²) >= 11 is 0. The van der Waals surface area contributed by atoms with Crippen LogP contribution in [0, 0.1) is 5.92 Å². The van der Waals surface area contributed by atoms with Crippen LogP contribution in [-0.2, 0) is 9.53 Å².